The van der Waals surface area contributed by atoms with Gasteiger partial charge in [0.15, 0.2) is 17.5 Å². The molecule has 0 spiro atoms. The minimum atomic E-state index is 0.615. The van der Waals surface area contributed by atoms with E-state index in [1.807, 2.05) is 30.3 Å². The third-order valence-corrected chi connectivity index (χ3v) is 8.95. The van der Waals surface area contributed by atoms with Crippen molar-refractivity contribution in [3.63, 3.8) is 0 Å². The first-order valence-corrected chi connectivity index (χ1v) is 16.4. The van der Waals surface area contributed by atoms with Gasteiger partial charge in [0, 0.05) is 33.0 Å². The van der Waals surface area contributed by atoms with Crippen molar-refractivity contribution < 1.29 is 4.42 Å². The van der Waals surface area contributed by atoms with Crippen molar-refractivity contribution in [3.05, 3.63) is 176 Å². The fourth-order valence-electron chi connectivity index (χ4n) is 6.47. The third-order valence-electron chi connectivity index (χ3n) is 8.95. The number of aromatic nitrogens is 3. The van der Waals surface area contributed by atoms with Crippen molar-refractivity contribution in [2.24, 2.45) is 0 Å². The highest BCUT2D eigenvalue weighted by atomic mass is 16.3. The summed E-state index contributed by atoms with van der Waals surface area (Å²) in [5.74, 6) is 1.86. The van der Waals surface area contributed by atoms with Gasteiger partial charge in [-0.05, 0) is 46.0 Å². The lowest BCUT2D eigenvalue weighted by Gasteiger charge is -2.11. The molecule has 0 aliphatic rings. The van der Waals surface area contributed by atoms with Crippen LogP contribution in [0.1, 0.15) is 0 Å². The molecule has 0 aliphatic carbocycles. The van der Waals surface area contributed by atoms with Gasteiger partial charge in [0.25, 0.3) is 0 Å². The van der Waals surface area contributed by atoms with Crippen LogP contribution in [-0.4, -0.2) is 15.0 Å². The van der Waals surface area contributed by atoms with Crippen molar-refractivity contribution in [3.8, 4) is 67.5 Å². The molecule has 0 saturated carbocycles. The number of para-hydroxylation sites is 2. The summed E-state index contributed by atoms with van der Waals surface area (Å²) < 4.78 is 6.33. The predicted octanol–water partition coefficient (Wildman–Crippen LogP) is 11.8. The molecule has 9 aromatic rings. The molecule has 0 saturated heterocycles. The van der Waals surface area contributed by atoms with Gasteiger partial charge in [0.2, 0.25) is 0 Å². The zero-order chi connectivity index (χ0) is 32.6. The molecule has 0 amide bonds. The Morgan fingerprint density at radius 2 is 0.755 bits per heavy atom. The van der Waals surface area contributed by atoms with Gasteiger partial charge in [-0.2, -0.15) is 0 Å². The van der Waals surface area contributed by atoms with E-state index in [0.717, 1.165) is 72.0 Å². The van der Waals surface area contributed by atoms with Gasteiger partial charge < -0.3 is 4.42 Å². The normalized spacial score (nSPS) is 11.3. The second kappa shape index (κ2) is 12.2. The molecule has 4 heteroatoms. The Morgan fingerprint density at radius 3 is 1.37 bits per heavy atom. The lowest BCUT2D eigenvalue weighted by atomic mass is 10.0. The van der Waals surface area contributed by atoms with Gasteiger partial charge in [0.05, 0.1) is 0 Å². The molecule has 0 atom stereocenters. The van der Waals surface area contributed by atoms with Crippen LogP contribution in [-0.2, 0) is 0 Å². The van der Waals surface area contributed by atoms with Crippen LogP contribution in [0.15, 0.2) is 180 Å². The maximum Gasteiger partial charge on any atom is 0.164 e. The van der Waals surface area contributed by atoms with Crippen LogP contribution in [0, 0.1) is 0 Å². The Hall–Kier alpha value is -6.65. The van der Waals surface area contributed by atoms with E-state index in [9.17, 15) is 0 Å². The number of benzene rings is 7. The summed E-state index contributed by atoms with van der Waals surface area (Å²) in [6, 6.07) is 60.4. The Bertz CT molecular complexity index is 2490. The summed E-state index contributed by atoms with van der Waals surface area (Å²) in [5, 5.41) is 2.23. The number of nitrogens with zero attached hydrogens (tertiary/aromatic N) is 3. The van der Waals surface area contributed by atoms with E-state index in [1.165, 1.54) is 0 Å². The van der Waals surface area contributed by atoms with Crippen molar-refractivity contribution in [2.45, 2.75) is 0 Å². The largest absolute Gasteiger partial charge is 0.455 e. The predicted molar refractivity (Wildman–Crippen MR) is 200 cm³/mol. The van der Waals surface area contributed by atoms with Gasteiger partial charge in [-0.3, -0.25) is 0 Å². The maximum atomic E-state index is 6.33. The van der Waals surface area contributed by atoms with Gasteiger partial charge in [-0.15, -0.1) is 0 Å². The van der Waals surface area contributed by atoms with Crippen LogP contribution in [0.25, 0.3) is 89.5 Å². The minimum absolute atomic E-state index is 0.615. The van der Waals surface area contributed by atoms with Crippen LogP contribution < -0.4 is 0 Å². The first-order valence-electron chi connectivity index (χ1n) is 16.4. The second-order valence-corrected chi connectivity index (χ2v) is 12.1. The van der Waals surface area contributed by atoms with E-state index in [0.29, 0.717) is 17.5 Å². The van der Waals surface area contributed by atoms with Crippen molar-refractivity contribution in [2.75, 3.05) is 0 Å². The summed E-state index contributed by atoms with van der Waals surface area (Å²) >= 11 is 0. The molecule has 0 radical (unpaired) electrons. The van der Waals surface area contributed by atoms with Crippen molar-refractivity contribution >= 4 is 21.9 Å². The van der Waals surface area contributed by atoms with E-state index in [2.05, 4.69) is 146 Å². The van der Waals surface area contributed by atoms with Crippen LogP contribution >= 0.6 is 0 Å². The summed E-state index contributed by atoms with van der Waals surface area (Å²) in [7, 11) is 0. The van der Waals surface area contributed by atoms with Crippen molar-refractivity contribution in [1.82, 2.24) is 15.0 Å². The van der Waals surface area contributed by atoms with Gasteiger partial charge >= 0.3 is 0 Å². The number of hydrogen-bond donors (Lipinski definition) is 0. The molecule has 0 unspecified atom stereocenters. The Balaban J connectivity index is 1.16. The quantitative estimate of drug-likeness (QED) is 0.184. The van der Waals surface area contributed by atoms with E-state index < -0.39 is 0 Å². The lowest BCUT2D eigenvalue weighted by Crippen LogP contribution is -2.00. The van der Waals surface area contributed by atoms with E-state index in [1.54, 1.807) is 0 Å². The van der Waals surface area contributed by atoms with Crippen LogP contribution in [0.4, 0.5) is 0 Å². The number of furan rings is 1. The summed E-state index contributed by atoms with van der Waals surface area (Å²) in [6.45, 7) is 0. The van der Waals surface area contributed by atoms with Gasteiger partial charge in [0.1, 0.15) is 11.2 Å². The molecule has 4 nitrogen and oxygen atoms in total. The van der Waals surface area contributed by atoms with E-state index in [-0.39, 0.29) is 0 Å². The number of fused-ring (bicyclic) bond motifs is 3. The second-order valence-electron chi connectivity index (χ2n) is 12.1. The molecular weight excluding hydrogens is 599 g/mol. The average molecular weight is 628 g/mol. The van der Waals surface area contributed by atoms with Gasteiger partial charge in [-0.25, -0.2) is 15.0 Å². The molecule has 2 heterocycles. The monoisotopic (exact) mass is 627 g/mol. The summed E-state index contributed by atoms with van der Waals surface area (Å²) in [4.78, 5) is 15.2. The molecule has 0 aliphatic heterocycles. The fourth-order valence-corrected chi connectivity index (χ4v) is 6.47. The van der Waals surface area contributed by atoms with E-state index >= 15 is 0 Å². The number of rotatable bonds is 6. The topological polar surface area (TPSA) is 51.8 Å². The average Bonchev–Trinajstić information content (AvgIpc) is 3.58. The molecule has 9 rings (SSSR count). The lowest BCUT2D eigenvalue weighted by molar-refractivity contribution is 0.670. The number of hydrogen-bond acceptors (Lipinski definition) is 4. The highest BCUT2D eigenvalue weighted by molar-refractivity contribution is 6.09. The minimum Gasteiger partial charge on any atom is -0.455 e. The summed E-state index contributed by atoms with van der Waals surface area (Å²) in [5.41, 5.74) is 11.2. The Labute approximate surface area is 284 Å². The molecule has 2 aromatic heterocycles. The standard InChI is InChI=1S/C45H29N3O/c1-3-12-30(13-4-1)34-16-9-18-36(28-34)44-46-43(47-45(48-44)37-19-10-17-35(29-37)31-14-5-2-6-15-31)33-26-24-32(25-27-33)38-21-11-22-40-39-20-7-8-23-41(39)49-42(38)40/h1-29H. The molecule has 230 valence electrons. The zero-order valence-electron chi connectivity index (χ0n) is 26.5. The molecule has 49 heavy (non-hydrogen) atoms. The van der Waals surface area contributed by atoms with Crippen LogP contribution in [0.5, 0.6) is 0 Å². The Kier molecular flexibility index (Phi) is 7.10. The summed E-state index contributed by atoms with van der Waals surface area (Å²) in [6.07, 6.45) is 0. The highest BCUT2D eigenvalue weighted by Gasteiger charge is 2.16. The van der Waals surface area contributed by atoms with Crippen molar-refractivity contribution in [1.29, 1.82) is 0 Å². The van der Waals surface area contributed by atoms with Crippen LogP contribution in [0.2, 0.25) is 0 Å². The SMILES string of the molecule is c1ccc(-c2cccc(-c3nc(-c4ccc(-c5cccc6c5oc5ccccc56)cc4)nc(-c4cccc(-c5ccccc5)c4)n3)c2)cc1. The smallest absolute Gasteiger partial charge is 0.164 e. The molecular formula is C45H29N3O. The Morgan fingerprint density at radius 1 is 0.306 bits per heavy atom. The maximum absolute atomic E-state index is 6.33. The first kappa shape index (κ1) is 28.6. The van der Waals surface area contributed by atoms with Gasteiger partial charge in [-0.1, -0.05) is 158 Å². The fraction of sp³-hybridized carbons (Fsp3) is 0. The molecule has 7 aromatic carbocycles. The molecule has 0 N–H and O–H groups in total. The highest BCUT2D eigenvalue weighted by Crippen LogP contribution is 2.37. The third kappa shape index (κ3) is 5.45. The van der Waals surface area contributed by atoms with Crippen LogP contribution in [0.3, 0.4) is 0 Å². The van der Waals surface area contributed by atoms with E-state index in [4.69, 9.17) is 19.4 Å². The molecule has 0 fully saturated rings. The first-order chi connectivity index (χ1) is 24.3. The zero-order valence-corrected chi connectivity index (χ0v) is 26.5. The molecule has 0 bridgehead atoms.